The molecule has 2 N–H and O–H groups in total. The molecule has 0 aromatic heterocycles. The third-order valence-corrected chi connectivity index (χ3v) is 2.67. The Kier molecular flexibility index (Phi) is 5.91. The maximum atomic E-state index is 11.7. The van der Waals surface area contributed by atoms with Crippen LogP contribution in [-0.2, 0) is 9.59 Å². The fourth-order valence-electron chi connectivity index (χ4n) is 1.72. The number of carboxylic acids is 1. The summed E-state index contributed by atoms with van der Waals surface area (Å²) in [7, 11) is 0. The Morgan fingerprint density at radius 3 is 2.50 bits per heavy atom. The van der Waals surface area contributed by atoms with E-state index in [1.165, 1.54) is 0 Å². The van der Waals surface area contributed by atoms with Gasteiger partial charge in [-0.2, -0.15) is 0 Å². The van der Waals surface area contributed by atoms with Crippen molar-refractivity contribution in [1.82, 2.24) is 5.32 Å². The van der Waals surface area contributed by atoms with Crippen LogP contribution in [0.5, 0.6) is 0 Å². The van der Waals surface area contributed by atoms with Crippen molar-refractivity contribution in [3.63, 3.8) is 0 Å². The molecule has 0 fully saturated rings. The van der Waals surface area contributed by atoms with Crippen molar-refractivity contribution in [1.29, 1.82) is 0 Å². The number of unbranched alkanes of at least 4 members (excludes halogenated alkanes) is 1. The first-order valence-corrected chi connectivity index (χ1v) is 6.19. The minimum atomic E-state index is -0.917. The number of carbonyl (C=O) groups is 2. The van der Waals surface area contributed by atoms with Crippen molar-refractivity contribution in [2.75, 3.05) is 0 Å². The molecule has 18 heavy (non-hydrogen) atoms. The Balaban J connectivity index is 2.67. The molecule has 1 amide bonds. The SMILES string of the molecule is CCCCC(=O)NC(CC(=O)O)c1ccccc1. The fourth-order valence-corrected chi connectivity index (χ4v) is 1.72. The van der Waals surface area contributed by atoms with Crippen LogP contribution in [0.25, 0.3) is 0 Å². The van der Waals surface area contributed by atoms with Gasteiger partial charge in [0, 0.05) is 6.42 Å². The van der Waals surface area contributed by atoms with Crippen molar-refractivity contribution in [3.05, 3.63) is 35.9 Å². The van der Waals surface area contributed by atoms with Gasteiger partial charge in [0.25, 0.3) is 0 Å². The van der Waals surface area contributed by atoms with Gasteiger partial charge in [-0.1, -0.05) is 43.7 Å². The summed E-state index contributed by atoms with van der Waals surface area (Å²) in [5.74, 6) is -1.01. The van der Waals surface area contributed by atoms with E-state index < -0.39 is 12.0 Å². The standard InChI is InChI=1S/C14H19NO3/c1-2-3-9-13(16)15-12(10-14(17)18)11-7-5-4-6-8-11/h4-8,12H,2-3,9-10H2,1H3,(H,15,16)(H,17,18). The summed E-state index contributed by atoms with van der Waals surface area (Å²) in [6.45, 7) is 2.01. The lowest BCUT2D eigenvalue weighted by atomic mass is 10.0. The average molecular weight is 249 g/mol. The summed E-state index contributed by atoms with van der Waals surface area (Å²) in [5.41, 5.74) is 0.824. The first-order chi connectivity index (χ1) is 8.63. The van der Waals surface area contributed by atoms with Crippen LogP contribution >= 0.6 is 0 Å². The second kappa shape index (κ2) is 7.48. The largest absolute Gasteiger partial charge is 0.481 e. The Hall–Kier alpha value is -1.84. The first kappa shape index (κ1) is 14.2. The van der Waals surface area contributed by atoms with Crippen molar-refractivity contribution >= 4 is 11.9 Å². The van der Waals surface area contributed by atoms with E-state index in [0.29, 0.717) is 6.42 Å². The monoisotopic (exact) mass is 249 g/mol. The van der Waals surface area contributed by atoms with E-state index in [1.54, 1.807) is 0 Å². The molecule has 4 heteroatoms. The summed E-state index contributed by atoms with van der Waals surface area (Å²) in [4.78, 5) is 22.5. The van der Waals surface area contributed by atoms with Gasteiger partial charge in [-0.3, -0.25) is 9.59 Å². The van der Waals surface area contributed by atoms with Gasteiger partial charge in [-0.25, -0.2) is 0 Å². The first-order valence-electron chi connectivity index (χ1n) is 6.19. The molecule has 0 heterocycles. The molecule has 0 spiro atoms. The van der Waals surface area contributed by atoms with Crippen LogP contribution < -0.4 is 5.32 Å². The molecule has 0 aliphatic carbocycles. The molecule has 1 rings (SSSR count). The third kappa shape index (κ3) is 4.99. The van der Waals surface area contributed by atoms with Crippen LogP contribution in [0.3, 0.4) is 0 Å². The van der Waals surface area contributed by atoms with Crippen LogP contribution in [-0.4, -0.2) is 17.0 Å². The van der Waals surface area contributed by atoms with Crippen molar-refractivity contribution < 1.29 is 14.7 Å². The van der Waals surface area contributed by atoms with Crippen LogP contribution in [0.1, 0.15) is 44.2 Å². The molecule has 0 saturated heterocycles. The highest BCUT2D eigenvalue weighted by molar-refractivity contribution is 5.77. The average Bonchev–Trinajstić information content (AvgIpc) is 2.36. The Labute approximate surface area is 107 Å². The quantitative estimate of drug-likeness (QED) is 0.780. The number of carboxylic acid groups (broad SMARTS) is 1. The number of hydrogen-bond acceptors (Lipinski definition) is 2. The third-order valence-electron chi connectivity index (χ3n) is 2.67. The maximum absolute atomic E-state index is 11.7. The zero-order valence-electron chi connectivity index (χ0n) is 10.6. The molecule has 0 bridgehead atoms. The topological polar surface area (TPSA) is 66.4 Å². The van der Waals surface area contributed by atoms with Crippen molar-refractivity contribution in [2.45, 2.75) is 38.6 Å². The molecular weight excluding hydrogens is 230 g/mol. The van der Waals surface area contributed by atoms with Crippen LogP contribution in [0.4, 0.5) is 0 Å². The number of amides is 1. The van der Waals surface area contributed by atoms with E-state index in [1.807, 2.05) is 37.3 Å². The van der Waals surface area contributed by atoms with Gasteiger partial charge in [0.2, 0.25) is 5.91 Å². The highest BCUT2D eigenvalue weighted by Crippen LogP contribution is 2.16. The second-order valence-corrected chi connectivity index (χ2v) is 4.23. The normalized spacial score (nSPS) is 11.8. The second-order valence-electron chi connectivity index (χ2n) is 4.23. The molecule has 1 atom stereocenters. The molecule has 0 radical (unpaired) electrons. The Morgan fingerprint density at radius 1 is 1.28 bits per heavy atom. The molecule has 4 nitrogen and oxygen atoms in total. The predicted octanol–water partition coefficient (Wildman–Crippen LogP) is 2.51. The summed E-state index contributed by atoms with van der Waals surface area (Å²) in [6.07, 6.45) is 2.12. The van der Waals surface area contributed by atoms with E-state index in [0.717, 1.165) is 18.4 Å². The molecule has 1 unspecified atom stereocenters. The van der Waals surface area contributed by atoms with Gasteiger partial charge < -0.3 is 10.4 Å². The predicted molar refractivity (Wildman–Crippen MR) is 69.1 cm³/mol. The fraction of sp³-hybridized carbons (Fsp3) is 0.429. The molecular formula is C14H19NO3. The number of rotatable bonds is 7. The van der Waals surface area contributed by atoms with Crippen LogP contribution in [0.15, 0.2) is 30.3 Å². The lowest BCUT2D eigenvalue weighted by Gasteiger charge is -2.17. The number of carbonyl (C=O) groups excluding carboxylic acids is 1. The van der Waals surface area contributed by atoms with E-state index >= 15 is 0 Å². The van der Waals surface area contributed by atoms with E-state index in [9.17, 15) is 9.59 Å². The molecule has 98 valence electrons. The highest BCUT2D eigenvalue weighted by atomic mass is 16.4. The van der Waals surface area contributed by atoms with Gasteiger partial charge in [-0.05, 0) is 12.0 Å². The molecule has 0 saturated carbocycles. The van der Waals surface area contributed by atoms with E-state index in [4.69, 9.17) is 5.11 Å². The minimum Gasteiger partial charge on any atom is -0.481 e. The van der Waals surface area contributed by atoms with Gasteiger partial charge in [0.1, 0.15) is 0 Å². The Morgan fingerprint density at radius 2 is 1.94 bits per heavy atom. The highest BCUT2D eigenvalue weighted by Gasteiger charge is 2.17. The smallest absolute Gasteiger partial charge is 0.305 e. The lowest BCUT2D eigenvalue weighted by molar-refractivity contribution is -0.137. The van der Waals surface area contributed by atoms with Gasteiger partial charge in [0.05, 0.1) is 12.5 Å². The van der Waals surface area contributed by atoms with E-state index in [-0.39, 0.29) is 12.3 Å². The van der Waals surface area contributed by atoms with Crippen LogP contribution in [0, 0.1) is 0 Å². The lowest BCUT2D eigenvalue weighted by Crippen LogP contribution is -2.29. The number of aliphatic carboxylic acids is 1. The summed E-state index contributed by atoms with van der Waals surface area (Å²) in [6, 6.07) is 8.74. The number of benzene rings is 1. The van der Waals surface area contributed by atoms with Crippen LogP contribution in [0.2, 0.25) is 0 Å². The molecule has 1 aromatic carbocycles. The van der Waals surface area contributed by atoms with Gasteiger partial charge in [-0.15, -0.1) is 0 Å². The number of hydrogen-bond donors (Lipinski definition) is 2. The summed E-state index contributed by atoms with van der Waals surface area (Å²) < 4.78 is 0. The molecule has 0 aliphatic heterocycles. The molecule has 1 aromatic rings. The minimum absolute atomic E-state index is 0.0908. The van der Waals surface area contributed by atoms with Crippen molar-refractivity contribution in [3.8, 4) is 0 Å². The number of nitrogens with one attached hydrogen (secondary N) is 1. The zero-order chi connectivity index (χ0) is 13.4. The van der Waals surface area contributed by atoms with Gasteiger partial charge in [0.15, 0.2) is 0 Å². The molecule has 0 aliphatic rings. The van der Waals surface area contributed by atoms with Crippen molar-refractivity contribution in [2.24, 2.45) is 0 Å². The van der Waals surface area contributed by atoms with E-state index in [2.05, 4.69) is 5.32 Å². The summed E-state index contributed by atoms with van der Waals surface area (Å²) >= 11 is 0. The maximum Gasteiger partial charge on any atom is 0.305 e. The summed E-state index contributed by atoms with van der Waals surface area (Å²) in [5, 5.41) is 11.7. The Bertz CT molecular complexity index is 389. The van der Waals surface area contributed by atoms with Gasteiger partial charge >= 0.3 is 5.97 Å². The zero-order valence-corrected chi connectivity index (χ0v) is 10.6.